The Morgan fingerprint density at radius 1 is 1.67 bits per heavy atom. The van der Waals surface area contributed by atoms with Gasteiger partial charge < -0.3 is 0 Å². The molecule has 0 nitrogen and oxygen atoms in total. The van der Waals surface area contributed by atoms with Gasteiger partial charge in [0.1, 0.15) is 0 Å². The van der Waals surface area contributed by atoms with Crippen LogP contribution in [-0.2, 0) is 0 Å². The number of hydrogen-bond donors (Lipinski definition) is 0. The van der Waals surface area contributed by atoms with Crippen LogP contribution in [0, 0.1) is 0 Å². The van der Waals surface area contributed by atoms with Gasteiger partial charge >= 0.3 is 44.7 Å². The van der Waals surface area contributed by atoms with Crippen molar-refractivity contribution >= 4 is 38.4 Å². The van der Waals surface area contributed by atoms with Gasteiger partial charge in [-0.3, -0.25) is 0 Å². The van der Waals surface area contributed by atoms with E-state index in [0.29, 0.717) is 0 Å². The molecule has 0 amide bonds. The molecule has 0 rings (SSSR count). The summed E-state index contributed by atoms with van der Waals surface area (Å²) in [6, 6.07) is 0. The Morgan fingerprint density at radius 3 is 2.50 bits per heavy atom. The molecule has 0 aromatic carbocycles. The quantitative estimate of drug-likeness (QED) is 0.404. The third-order valence-corrected chi connectivity index (χ3v) is 0.755. The van der Waals surface area contributed by atoms with E-state index in [2.05, 4.69) is 0 Å². The summed E-state index contributed by atoms with van der Waals surface area (Å²) in [5, 5.41) is 0. The van der Waals surface area contributed by atoms with E-state index in [1.807, 2.05) is 12.3 Å². The molecule has 0 heterocycles. The topological polar surface area (TPSA) is 0 Å². The first-order valence-corrected chi connectivity index (χ1v) is 2.93. The van der Waals surface area contributed by atoms with Crippen LogP contribution in [-0.4, -0.2) is 33.1 Å². The Labute approximate surface area is 45.3 Å². The van der Waals surface area contributed by atoms with E-state index in [-0.39, 0.29) is 0 Å². The summed E-state index contributed by atoms with van der Waals surface area (Å²) >= 11 is 1.63. The van der Waals surface area contributed by atoms with Crippen LogP contribution >= 0.6 is 11.6 Å². The molecule has 0 aliphatic rings. The molecule has 0 bridgehead atoms. The second-order valence-corrected chi connectivity index (χ2v) is 1.50. The average molecular weight is 90.3 g/mol. The van der Waals surface area contributed by atoms with Gasteiger partial charge in [0.25, 0.3) is 0 Å². The number of hydrogen-bond acceptors (Lipinski definition) is 1. The molecule has 0 unspecified atom stereocenters. The molecule has 0 aromatic rings. The standard InChI is InChI=1S/CH3B4S/c1-6-5-4-3-2/h1H3. The molecule has 6 heavy (non-hydrogen) atoms. The van der Waals surface area contributed by atoms with Crippen molar-refractivity contribution in [3.8, 4) is 0 Å². The zero-order valence-corrected chi connectivity index (χ0v) is 4.53. The van der Waals surface area contributed by atoms with Crippen LogP contribution < -0.4 is 0 Å². The third-order valence-electron chi connectivity index (χ3n) is 0.326. The fourth-order valence-corrected chi connectivity index (χ4v) is 0.372. The zero-order chi connectivity index (χ0) is 4.83. The van der Waals surface area contributed by atoms with Gasteiger partial charge in [-0.05, 0) is 0 Å². The van der Waals surface area contributed by atoms with Gasteiger partial charge in [0, 0.05) is 0 Å². The van der Waals surface area contributed by atoms with Crippen LogP contribution in [0.25, 0.3) is 0 Å². The van der Waals surface area contributed by atoms with Gasteiger partial charge in [-0.2, -0.15) is 0 Å². The molecule has 0 aromatic heterocycles. The van der Waals surface area contributed by atoms with E-state index in [1.165, 1.54) is 6.69 Å². The predicted molar refractivity (Wildman–Crippen MR) is 36.5 cm³/mol. The summed E-state index contributed by atoms with van der Waals surface area (Å²) in [5.74, 6) is 0. The Bertz CT molecular complexity index is 58.6. The minimum atomic E-state index is 1.51. The van der Waals surface area contributed by atoms with Crippen molar-refractivity contribution in [2.45, 2.75) is 0 Å². The molecule has 5 heteroatoms. The number of rotatable bonds is 2. The predicted octanol–water partition coefficient (Wildman–Crippen LogP) is -0.710. The van der Waals surface area contributed by atoms with Crippen molar-refractivity contribution in [3.63, 3.8) is 0 Å². The van der Waals surface area contributed by atoms with Gasteiger partial charge in [-0.1, -0.05) is 0 Å². The van der Waals surface area contributed by atoms with Gasteiger partial charge in [-0.25, -0.2) is 0 Å². The monoisotopic (exact) mass is 91.0 g/mol. The van der Waals surface area contributed by atoms with Crippen molar-refractivity contribution in [1.82, 2.24) is 0 Å². The Morgan fingerprint density at radius 2 is 2.33 bits per heavy atom. The van der Waals surface area contributed by atoms with Crippen molar-refractivity contribution in [1.29, 1.82) is 0 Å². The fraction of sp³-hybridized carbons (Fsp3) is 1.00. The van der Waals surface area contributed by atoms with Crippen molar-refractivity contribution in [2.24, 2.45) is 0 Å². The van der Waals surface area contributed by atoms with Gasteiger partial charge in [0.05, 0.1) is 0 Å². The summed E-state index contributed by atoms with van der Waals surface area (Å²) in [6.07, 6.45) is 3.90. The molecule has 0 saturated carbocycles. The van der Waals surface area contributed by atoms with E-state index in [1.54, 1.807) is 18.3 Å². The summed E-state index contributed by atoms with van der Waals surface area (Å²) in [7, 11) is 4.99. The van der Waals surface area contributed by atoms with E-state index >= 15 is 0 Å². The Balaban J connectivity index is 2.94. The summed E-state index contributed by atoms with van der Waals surface area (Å²) in [4.78, 5) is 0. The molecule has 0 aliphatic heterocycles. The van der Waals surface area contributed by atoms with Crippen molar-refractivity contribution in [2.75, 3.05) is 6.26 Å². The molecule has 0 fully saturated rings. The van der Waals surface area contributed by atoms with Crippen LogP contribution in [0.4, 0.5) is 0 Å². The molecule has 0 N–H and O–H groups in total. The molecule has 0 spiro atoms. The second kappa shape index (κ2) is 5.61. The maximum atomic E-state index is 4.99. The Hall–Kier alpha value is 0.610. The average Bonchev–Trinajstić information content (AvgIpc) is 1.61. The molecule has 0 atom stereocenters. The normalized spacial score (nSPS) is 6.00. The minimum absolute atomic E-state index is 1.51. The maximum absolute atomic E-state index is 4.99. The van der Waals surface area contributed by atoms with Gasteiger partial charge in [0.15, 0.2) is 0 Å². The van der Waals surface area contributed by atoms with Crippen LogP contribution in [0.2, 0.25) is 0 Å². The molecule has 25 valence electrons. The Kier molecular flexibility index (Phi) is 6.18. The summed E-state index contributed by atoms with van der Waals surface area (Å²) in [6.45, 7) is 3.31. The molecular weight excluding hydrogens is 87.3 g/mol. The first kappa shape index (κ1) is 6.61. The second-order valence-electron chi connectivity index (χ2n) is 0.757. The molecule has 0 saturated heterocycles. The molecule has 1 radical (unpaired) electrons. The first-order valence-electron chi connectivity index (χ1n) is 1.64. The van der Waals surface area contributed by atoms with Crippen LogP contribution in [0.3, 0.4) is 0 Å². The van der Waals surface area contributed by atoms with Gasteiger partial charge in [0.2, 0.25) is 0 Å². The van der Waals surface area contributed by atoms with Gasteiger partial charge in [-0.15, -0.1) is 0 Å². The van der Waals surface area contributed by atoms with E-state index < -0.39 is 0 Å². The fourth-order valence-electron chi connectivity index (χ4n) is 0.124. The summed E-state index contributed by atoms with van der Waals surface area (Å²) in [5.41, 5.74) is 0. The first-order chi connectivity index (χ1) is 2.91. The summed E-state index contributed by atoms with van der Waals surface area (Å²) < 4.78 is 0. The molecular formula is CH3B4S. The SMILES string of the molecule is [B]=BB=BSC. The van der Waals surface area contributed by atoms with E-state index in [9.17, 15) is 0 Å². The molecule has 0 aliphatic carbocycles. The van der Waals surface area contributed by atoms with Crippen LogP contribution in [0.1, 0.15) is 0 Å². The van der Waals surface area contributed by atoms with Crippen LogP contribution in [0.15, 0.2) is 0 Å². The van der Waals surface area contributed by atoms with Crippen LogP contribution in [0.5, 0.6) is 0 Å². The van der Waals surface area contributed by atoms with E-state index in [4.69, 9.17) is 7.37 Å². The zero-order valence-electron chi connectivity index (χ0n) is 3.72. The van der Waals surface area contributed by atoms with E-state index in [0.717, 1.165) is 0 Å². The van der Waals surface area contributed by atoms with Crippen molar-refractivity contribution in [3.05, 3.63) is 0 Å². The third kappa shape index (κ3) is 4.61. The van der Waals surface area contributed by atoms with Crippen molar-refractivity contribution < 1.29 is 0 Å².